The number of halogens is 2. The van der Waals surface area contributed by atoms with Crippen LogP contribution in [0.4, 0.5) is 14.5 Å². The van der Waals surface area contributed by atoms with E-state index >= 15 is 0 Å². The van der Waals surface area contributed by atoms with Crippen molar-refractivity contribution in [3.05, 3.63) is 95.6 Å². The molecule has 1 saturated heterocycles. The number of nitrogens with zero attached hydrogens (tertiary/aromatic N) is 2. The molecule has 1 heterocycles. The summed E-state index contributed by atoms with van der Waals surface area (Å²) in [7, 11) is -3.84. The third-order valence-electron chi connectivity index (χ3n) is 5.90. The van der Waals surface area contributed by atoms with Gasteiger partial charge < -0.3 is 0 Å². The lowest BCUT2D eigenvalue weighted by Crippen LogP contribution is -2.47. The third-order valence-corrected chi connectivity index (χ3v) is 7.94. The number of anilines is 1. The summed E-state index contributed by atoms with van der Waals surface area (Å²) < 4.78 is 56.0. The van der Waals surface area contributed by atoms with Crippen molar-refractivity contribution in [1.82, 2.24) is 4.90 Å². The molecule has 32 heavy (non-hydrogen) atoms. The van der Waals surface area contributed by atoms with Crippen molar-refractivity contribution in [2.24, 2.45) is 0 Å². The van der Waals surface area contributed by atoms with Crippen molar-refractivity contribution in [3.8, 4) is 0 Å². The van der Waals surface area contributed by atoms with Crippen molar-refractivity contribution in [1.29, 1.82) is 0 Å². The fourth-order valence-corrected chi connectivity index (χ4v) is 6.23. The highest BCUT2D eigenvalue weighted by atomic mass is 32.2. The molecule has 1 aliphatic heterocycles. The van der Waals surface area contributed by atoms with E-state index in [1.54, 1.807) is 31.2 Å². The molecule has 0 saturated carbocycles. The van der Waals surface area contributed by atoms with E-state index in [0.717, 1.165) is 5.56 Å². The Morgan fingerprint density at radius 1 is 0.906 bits per heavy atom. The molecular formula is C25H26F2N2O2S. The normalized spacial score (nSPS) is 15.6. The van der Waals surface area contributed by atoms with Crippen LogP contribution >= 0.6 is 0 Å². The minimum atomic E-state index is -3.84. The minimum Gasteiger partial charge on any atom is -0.299 e. The summed E-state index contributed by atoms with van der Waals surface area (Å²) in [5.74, 6) is -0.670. The summed E-state index contributed by atoms with van der Waals surface area (Å²) in [5, 5.41) is 0. The zero-order chi connectivity index (χ0) is 22.7. The fourth-order valence-electron chi connectivity index (χ4n) is 4.29. The molecule has 0 unspecified atom stereocenters. The van der Waals surface area contributed by atoms with E-state index in [2.05, 4.69) is 4.90 Å². The molecule has 0 spiro atoms. The van der Waals surface area contributed by atoms with Crippen LogP contribution < -0.4 is 4.31 Å². The van der Waals surface area contributed by atoms with Crippen LogP contribution in [0.1, 0.15) is 24.0 Å². The highest BCUT2D eigenvalue weighted by Gasteiger charge is 2.34. The molecule has 0 radical (unpaired) electrons. The van der Waals surface area contributed by atoms with Crippen molar-refractivity contribution in [2.75, 3.05) is 17.4 Å². The van der Waals surface area contributed by atoms with Gasteiger partial charge in [-0.2, -0.15) is 0 Å². The molecule has 0 amide bonds. The first kappa shape index (κ1) is 22.4. The fraction of sp³-hybridized carbons (Fsp3) is 0.280. The predicted octanol–water partition coefficient (Wildman–Crippen LogP) is 5.13. The number of piperidine rings is 1. The van der Waals surface area contributed by atoms with Crippen molar-refractivity contribution in [2.45, 2.75) is 37.2 Å². The lowest BCUT2D eigenvalue weighted by atomic mass is 10.0. The SMILES string of the molecule is Cc1ccccc1S(=O)(=O)N(c1ccc(F)cc1)C1CCN(Cc2cccc(F)c2)CC1. The van der Waals surface area contributed by atoms with E-state index in [0.29, 0.717) is 43.7 Å². The van der Waals surface area contributed by atoms with Gasteiger partial charge in [0.25, 0.3) is 10.0 Å². The molecule has 0 aromatic heterocycles. The number of aryl methyl sites for hydroxylation is 1. The largest absolute Gasteiger partial charge is 0.299 e. The van der Waals surface area contributed by atoms with Crippen molar-refractivity contribution >= 4 is 15.7 Å². The van der Waals surface area contributed by atoms with Gasteiger partial charge in [-0.1, -0.05) is 30.3 Å². The molecule has 1 aliphatic rings. The van der Waals surface area contributed by atoms with Gasteiger partial charge in [0, 0.05) is 25.7 Å². The maximum Gasteiger partial charge on any atom is 0.264 e. The average Bonchev–Trinajstić information content (AvgIpc) is 2.77. The molecule has 0 atom stereocenters. The number of sulfonamides is 1. The molecular weight excluding hydrogens is 430 g/mol. The Labute approximate surface area is 188 Å². The van der Waals surface area contributed by atoms with Crippen molar-refractivity contribution < 1.29 is 17.2 Å². The summed E-state index contributed by atoms with van der Waals surface area (Å²) in [6, 6.07) is 18.8. The molecule has 3 aromatic rings. The van der Waals surface area contributed by atoms with E-state index in [1.807, 2.05) is 12.1 Å². The average molecular weight is 457 g/mol. The molecule has 0 bridgehead atoms. The number of hydrogen-bond acceptors (Lipinski definition) is 3. The highest BCUT2D eigenvalue weighted by Crippen LogP contribution is 2.32. The van der Waals surface area contributed by atoms with E-state index in [9.17, 15) is 17.2 Å². The second-order valence-corrected chi connectivity index (χ2v) is 9.96. The van der Waals surface area contributed by atoms with Gasteiger partial charge in [-0.25, -0.2) is 17.2 Å². The number of benzene rings is 3. The standard InChI is InChI=1S/C25H26F2N2O2S/c1-19-5-2-3-8-25(19)32(30,31)29(23-11-9-21(26)10-12-23)24-13-15-28(16-14-24)18-20-6-4-7-22(27)17-20/h2-12,17,24H,13-16,18H2,1H3. The Kier molecular flexibility index (Phi) is 6.58. The van der Waals surface area contributed by atoms with Gasteiger partial charge >= 0.3 is 0 Å². The molecule has 0 N–H and O–H groups in total. The maximum atomic E-state index is 13.7. The summed E-state index contributed by atoms with van der Waals surface area (Å²) in [6.45, 7) is 3.76. The first-order chi connectivity index (χ1) is 15.3. The van der Waals surface area contributed by atoms with Gasteiger partial charge in [-0.3, -0.25) is 9.21 Å². The summed E-state index contributed by atoms with van der Waals surface area (Å²) in [5.41, 5.74) is 2.02. The lowest BCUT2D eigenvalue weighted by Gasteiger charge is -2.39. The molecule has 4 nitrogen and oxygen atoms in total. The molecule has 1 fully saturated rings. The Hall–Kier alpha value is -2.77. The number of likely N-dealkylation sites (tertiary alicyclic amines) is 1. The summed E-state index contributed by atoms with van der Waals surface area (Å²) in [4.78, 5) is 2.46. The molecule has 7 heteroatoms. The first-order valence-electron chi connectivity index (χ1n) is 10.7. The van der Waals surface area contributed by atoms with Crippen LogP contribution in [0.25, 0.3) is 0 Å². The van der Waals surface area contributed by atoms with Gasteiger partial charge in [0.15, 0.2) is 0 Å². The van der Waals surface area contributed by atoms with Gasteiger partial charge in [0.05, 0.1) is 10.6 Å². The van der Waals surface area contributed by atoms with Gasteiger partial charge in [-0.15, -0.1) is 0 Å². The van der Waals surface area contributed by atoms with Gasteiger partial charge in [0.2, 0.25) is 0 Å². The number of rotatable bonds is 6. The summed E-state index contributed by atoms with van der Waals surface area (Å²) >= 11 is 0. The first-order valence-corrected chi connectivity index (χ1v) is 12.1. The zero-order valence-corrected chi connectivity index (χ0v) is 18.7. The topological polar surface area (TPSA) is 40.6 Å². The second-order valence-electron chi connectivity index (χ2n) is 8.18. The van der Waals surface area contributed by atoms with E-state index in [-0.39, 0.29) is 16.8 Å². The quantitative estimate of drug-likeness (QED) is 0.516. The van der Waals surface area contributed by atoms with E-state index in [4.69, 9.17) is 0 Å². The van der Waals surface area contributed by atoms with Crippen LogP contribution in [0.15, 0.2) is 77.7 Å². The van der Waals surface area contributed by atoms with Crippen LogP contribution in [-0.2, 0) is 16.6 Å². The Morgan fingerprint density at radius 2 is 1.59 bits per heavy atom. The molecule has 3 aromatic carbocycles. The van der Waals surface area contributed by atoms with Crippen molar-refractivity contribution in [3.63, 3.8) is 0 Å². The third kappa shape index (κ3) is 4.84. The van der Waals surface area contributed by atoms with Crippen LogP contribution in [0.3, 0.4) is 0 Å². The Bertz CT molecular complexity index is 1170. The van der Waals surface area contributed by atoms with Gasteiger partial charge in [0.1, 0.15) is 11.6 Å². The second kappa shape index (κ2) is 9.38. The van der Waals surface area contributed by atoms with Crippen LogP contribution in [0, 0.1) is 18.6 Å². The highest BCUT2D eigenvalue weighted by molar-refractivity contribution is 7.93. The molecule has 0 aliphatic carbocycles. The number of hydrogen-bond donors (Lipinski definition) is 0. The predicted molar refractivity (Wildman–Crippen MR) is 122 cm³/mol. The molecule has 4 rings (SSSR count). The van der Waals surface area contributed by atoms with Crippen LogP contribution in [-0.4, -0.2) is 32.4 Å². The molecule has 168 valence electrons. The Balaban J connectivity index is 1.59. The zero-order valence-electron chi connectivity index (χ0n) is 17.9. The van der Waals surface area contributed by atoms with Crippen LogP contribution in [0.5, 0.6) is 0 Å². The Morgan fingerprint density at radius 3 is 2.25 bits per heavy atom. The monoisotopic (exact) mass is 456 g/mol. The smallest absolute Gasteiger partial charge is 0.264 e. The summed E-state index contributed by atoms with van der Waals surface area (Å²) in [6.07, 6.45) is 1.25. The maximum absolute atomic E-state index is 13.7. The lowest BCUT2D eigenvalue weighted by molar-refractivity contribution is 0.206. The van der Waals surface area contributed by atoms with Crippen LogP contribution in [0.2, 0.25) is 0 Å². The van der Waals surface area contributed by atoms with E-state index in [1.165, 1.54) is 40.7 Å². The van der Waals surface area contributed by atoms with Gasteiger partial charge in [-0.05, 0) is 73.4 Å². The van der Waals surface area contributed by atoms with E-state index < -0.39 is 15.8 Å². The minimum absolute atomic E-state index is 0.256.